The first-order chi connectivity index (χ1) is 11.1. The molecule has 6 heteroatoms. The highest BCUT2D eigenvalue weighted by atomic mass is 16.2. The molecular weight excluding hydrogens is 292 g/mol. The SMILES string of the molecule is Cc1ccccc1C(=O)N1CCc2nc3cc[nH]n3c(=O)c2C1. The second-order valence-corrected chi connectivity index (χ2v) is 5.79. The highest BCUT2D eigenvalue weighted by molar-refractivity contribution is 5.95. The number of benzene rings is 1. The van der Waals surface area contributed by atoms with Gasteiger partial charge in [0.2, 0.25) is 0 Å². The van der Waals surface area contributed by atoms with Crippen molar-refractivity contribution >= 4 is 11.6 Å². The lowest BCUT2D eigenvalue weighted by Crippen LogP contribution is -2.40. The van der Waals surface area contributed by atoms with Gasteiger partial charge in [0.1, 0.15) is 0 Å². The van der Waals surface area contributed by atoms with Crippen molar-refractivity contribution in [2.45, 2.75) is 19.9 Å². The molecule has 23 heavy (non-hydrogen) atoms. The highest BCUT2D eigenvalue weighted by Gasteiger charge is 2.26. The van der Waals surface area contributed by atoms with Crippen molar-refractivity contribution in [1.29, 1.82) is 0 Å². The maximum absolute atomic E-state index is 12.7. The fourth-order valence-corrected chi connectivity index (χ4v) is 3.07. The van der Waals surface area contributed by atoms with Crippen LogP contribution in [0.25, 0.3) is 5.65 Å². The summed E-state index contributed by atoms with van der Waals surface area (Å²) in [5.74, 6) is -0.0373. The van der Waals surface area contributed by atoms with Gasteiger partial charge in [0.05, 0.1) is 17.8 Å². The van der Waals surface area contributed by atoms with Crippen LogP contribution < -0.4 is 5.56 Å². The van der Waals surface area contributed by atoms with Crippen LogP contribution in [-0.2, 0) is 13.0 Å². The smallest absolute Gasteiger partial charge is 0.277 e. The van der Waals surface area contributed by atoms with Gasteiger partial charge in [0, 0.05) is 30.8 Å². The molecule has 0 fully saturated rings. The number of amides is 1. The zero-order chi connectivity index (χ0) is 16.0. The molecule has 1 aromatic carbocycles. The number of fused-ring (bicyclic) bond motifs is 2. The van der Waals surface area contributed by atoms with Gasteiger partial charge in [-0.3, -0.25) is 14.7 Å². The number of nitrogens with one attached hydrogen (secondary N) is 1. The Bertz CT molecular complexity index is 970. The molecule has 3 aromatic rings. The van der Waals surface area contributed by atoms with Gasteiger partial charge in [-0.2, -0.15) is 0 Å². The van der Waals surface area contributed by atoms with E-state index in [0.29, 0.717) is 36.3 Å². The summed E-state index contributed by atoms with van der Waals surface area (Å²) in [6.45, 7) is 2.80. The number of nitrogens with zero attached hydrogens (tertiary/aromatic N) is 3. The van der Waals surface area contributed by atoms with E-state index in [4.69, 9.17) is 0 Å². The number of H-pyrrole nitrogens is 1. The van der Waals surface area contributed by atoms with E-state index in [-0.39, 0.29) is 11.5 Å². The van der Waals surface area contributed by atoms with E-state index in [2.05, 4.69) is 10.1 Å². The molecule has 0 bridgehead atoms. The molecule has 1 amide bonds. The molecule has 116 valence electrons. The van der Waals surface area contributed by atoms with Gasteiger partial charge in [0.15, 0.2) is 5.65 Å². The first kappa shape index (κ1) is 13.8. The van der Waals surface area contributed by atoms with Crippen LogP contribution in [0.1, 0.15) is 27.2 Å². The topological polar surface area (TPSA) is 70.5 Å². The van der Waals surface area contributed by atoms with Gasteiger partial charge in [-0.1, -0.05) is 18.2 Å². The largest absolute Gasteiger partial charge is 0.334 e. The van der Waals surface area contributed by atoms with Gasteiger partial charge in [-0.05, 0) is 18.6 Å². The standard InChI is InChI=1S/C17H16N4O2/c1-11-4-2-3-5-12(11)16(22)20-9-7-14-13(10-20)17(23)21-15(19-14)6-8-18-21/h2-6,8,18H,7,9-10H2,1H3. The Kier molecular flexibility index (Phi) is 3.04. The first-order valence-corrected chi connectivity index (χ1v) is 7.58. The number of aromatic amines is 1. The molecule has 1 N–H and O–H groups in total. The molecule has 3 heterocycles. The van der Waals surface area contributed by atoms with Crippen molar-refractivity contribution < 1.29 is 4.79 Å². The molecular formula is C17H16N4O2. The lowest BCUT2D eigenvalue weighted by atomic mass is 10.0. The monoisotopic (exact) mass is 308 g/mol. The molecule has 0 aliphatic carbocycles. The van der Waals surface area contributed by atoms with Crippen LogP contribution in [0.15, 0.2) is 41.3 Å². The average Bonchev–Trinajstić information content (AvgIpc) is 3.03. The third-order valence-electron chi connectivity index (χ3n) is 4.35. The Morgan fingerprint density at radius 2 is 2.09 bits per heavy atom. The minimum atomic E-state index is -0.128. The Morgan fingerprint density at radius 1 is 1.26 bits per heavy atom. The van der Waals surface area contributed by atoms with E-state index in [1.54, 1.807) is 17.2 Å². The molecule has 0 saturated heterocycles. The van der Waals surface area contributed by atoms with Gasteiger partial charge < -0.3 is 4.90 Å². The summed E-state index contributed by atoms with van der Waals surface area (Å²) in [6, 6.07) is 9.29. The van der Waals surface area contributed by atoms with Crippen LogP contribution in [0.5, 0.6) is 0 Å². The highest BCUT2D eigenvalue weighted by Crippen LogP contribution is 2.18. The molecule has 1 aliphatic heterocycles. The van der Waals surface area contributed by atoms with Crippen molar-refractivity contribution in [2.24, 2.45) is 0 Å². The summed E-state index contributed by atoms with van der Waals surface area (Å²) >= 11 is 0. The number of rotatable bonds is 1. The fraction of sp³-hybridized carbons (Fsp3) is 0.235. The van der Waals surface area contributed by atoms with Crippen molar-refractivity contribution in [2.75, 3.05) is 6.54 Å². The third kappa shape index (κ3) is 2.14. The van der Waals surface area contributed by atoms with Crippen LogP contribution in [0.2, 0.25) is 0 Å². The predicted octanol–water partition coefficient (Wildman–Crippen LogP) is 1.53. The average molecular weight is 308 g/mol. The van der Waals surface area contributed by atoms with E-state index in [9.17, 15) is 9.59 Å². The Hall–Kier alpha value is -2.89. The number of carbonyl (C=O) groups excluding carboxylic acids is 1. The molecule has 6 nitrogen and oxygen atoms in total. The Labute approximate surface area is 132 Å². The van der Waals surface area contributed by atoms with Crippen molar-refractivity contribution in [1.82, 2.24) is 19.5 Å². The van der Waals surface area contributed by atoms with Crippen molar-refractivity contribution in [3.05, 3.63) is 69.3 Å². The van der Waals surface area contributed by atoms with Crippen LogP contribution in [0, 0.1) is 6.92 Å². The maximum Gasteiger partial charge on any atom is 0.277 e. The molecule has 2 aromatic heterocycles. The molecule has 0 atom stereocenters. The number of hydrogen-bond donors (Lipinski definition) is 1. The Balaban J connectivity index is 1.73. The van der Waals surface area contributed by atoms with Gasteiger partial charge in [-0.15, -0.1) is 0 Å². The number of carbonyl (C=O) groups is 1. The Morgan fingerprint density at radius 3 is 2.91 bits per heavy atom. The summed E-state index contributed by atoms with van der Waals surface area (Å²) < 4.78 is 1.42. The molecule has 0 spiro atoms. The van der Waals surface area contributed by atoms with Crippen LogP contribution >= 0.6 is 0 Å². The maximum atomic E-state index is 12.7. The van der Waals surface area contributed by atoms with E-state index >= 15 is 0 Å². The quantitative estimate of drug-likeness (QED) is 0.741. The second-order valence-electron chi connectivity index (χ2n) is 5.79. The third-order valence-corrected chi connectivity index (χ3v) is 4.35. The summed E-state index contributed by atoms with van der Waals surface area (Å²) in [5.41, 5.74) is 3.51. The molecule has 1 aliphatic rings. The number of aryl methyl sites for hydroxylation is 1. The fourth-order valence-electron chi connectivity index (χ4n) is 3.07. The summed E-state index contributed by atoms with van der Waals surface area (Å²) in [7, 11) is 0. The van der Waals surface area contributed by atoms with Crippen molar-refractivity contribution in [3.63, 3.8) is 0 Å². The molecule has 0 unspecified atom stereocenters. The molecule has 4 rings (SSSR count). The van der Waals surface area contributed by atoms with E-state index in [1.165, 1.54) is 4.52 Å². The number of aromatic nitrogens is 3. The van der Waals surface area contributed by atoms with E-state index in [0.717, 1.165) is 11.3 Å². The predicted molar refractivity (Wildman–Crippen MR) is 85.4 cm³/mol. The zero-order valence-electron chi connectivity index (χ0n) is 12.7. The summed E-state index contributed by atoms with van der Waals surface area (Å²) in [6.07, 6.45) is 2.29. The summed E-state index contributed by atoms with van der Waals surface area (Å²) in [4.78, 5) is 31.5. The van der Waals surface area contributed by atoms with E-state index < -0.39 is 0 Å². The van der Waals surface area contributed by atoms with Gasteiger partial charge >= 0.3 is 0 Å². The minimum Gasteiger partial charge on any atom is -0.334 e. The van der Waals surface area contributed by atoms with E-state index in [1.807, 2.05) is 31.2 Å². The zero-order valence-corrected chi connectivity index (χ0v) is 12.7. The van der Waals surface area contributed by atoms with Crippen LogP contribution in [0.4, 0.5) is 0 Å². The second kappa shape index (κ2) is 5.08. The lowest BCUT2D eigenvalue weighted by Gasteiger charge is -2.28. The normalized spacial score (nSPS) is 14.0. The molecule has 0 saturated carbocycles. The van der Waals surface area contributed by atoms with Crippen LogP contribution in [-0.4, -0.2) is 31.9 Å². The molecule has 0 radical (unpaired) electrons. The first-order valence-electron chi connectivity index (χ1n) is 7.58. The summed E-state index contributed by atoms with van der Waals surface area (Å²) in [5, 5.41) is 2.86. The number of hydrogen-bond acceptors (Lipinski definition) is 3. The van der Waals surface area contributed by atoms with Gasteiger partial charge in [0.25, 0.3) is 11.5 Å². The minimum absolute atomic E-state index is 0.0373. The lowest BCUT2D eigenvalue weighted by molar-refractivity contribution is 0.0732. The van der Waals surface area contributed by atoms with Crippen molar-refractivity contribution in [3.8, 4) is 0 Å². The van der Waals surface area contributed by atoms with Crippen LogP contribution in [0.3, 0.4) is 0 Å². The van der Waals surface area contributed by atoms with Gasteiger partial charge in [-0.25, -0.2) is 9.50 Å².